The van der Waals surface area contributed by atoms with E-state index in [9.17, 15) is 4.79 Å². The molecule has 1 aromatic heterocycles. The molecule has 2 aliphatic heterocycles. The second kappa shape index (κ2) is 9.16. The van der Waals surface area contributed by atoms with Crippen LogP contribution in [0.15, 0.2) is 30.6 Å². The third-order valence-corrected chi connectivity index (χ3v) is 7.32. The summed E-state index contributed by atoms with van der Waals surface area (Å²) in [6, 6.07) is 7.26. The second-order valence-electron chi connectivity index (χ2n) is 9.35. The van der Waals surface area contributed by atoms with Crippen molar-refractivity contribution in [3.8, 4) is 11.8 Å². The van der Waals surface area contributed by atoms with Crippen molar-refractivity contribution in [1.29, 1.82) is 5.26 Å². The number of ether oxygens (including phenoxy) is 1. The largest absolute Gasteiger partial charge is 0.490 e. The van der Waals surface area contributed by atoms with E-state index in [-0.39, 0.29) is 18.1 Å². The highest BCUT2D eigenvalue weighted by Crippen LogP contribution is 2.35. The normalized spacial score (nSPS) is 23.6. The number of nitrogens with one attached hydrogen (secondary N) is 2. The molecule has 9 heteroatoms. The number of nitrogens with zero attached hydrogens (tertiary/aromatic N) is 4. The van der Waals surface area contributed by atoms with Crippen LogP contribution < -0.4 is 20.3 Å². The summed E-state index contributed by atoms with van der Waals surface area (Å²) in [6.45, 7) is 4.14. The maximum absolute atomic E-state index is 12.7. The molecular weight excluding hydrogens is 440 g/mol. The van der Waals surface area contributed by atoms with E-state index in [0.717, 1.165) is 57.7 Å². The molecule has 0 unspecified atom stereocenters. The van der Waals surface area contributed by atoms with E-state index in [1.165, 1.54) is 6.42 Å². The maximum atomic E-state index is 12.7. The lowest BCUT2D eigenvalue weighted by atomic mass is 9.81. The maximum Gasteiger partial charge on any atom is 0.271 e. The monoisotopic (exact) mass is 466 g/mol. The lowest BCUT2D eigenvalue weighted by Crippen LogP contribution is -2.54. The quantitative estimate of drug-likeness (QED) is 0.698. The molecule has 3 fully saturated rings. The Morgan fingerprint density at radius 2 is 2.06 bits per heavy atom. The number of benzene rings is 1. The molecule has 0 radical (unpaired) electrons. The van der Waals surface area contributed by atoms with Gasteiger partial charge in [0.05, 0.1) is 29.1 Å². The summed E-state index contributed by atoms with van der Waals surface area (Å²) in [5.74, 6) is 1.33. The van der Waals surface area contributed by atoms with Gasteiger partial charge < -0.3 is 20.3 Å². The molecule has 8 nitrogen and oxygen atoms in total. The summed E-state index contributed by atoms with van der Waals surface area (Å²) >= 11 is 6.09. The molecule has 2 aromatic rings. The van der Waals surface area contributed by atoms with Gasteiger partial charge >= 0.3 is 0 Å². The zero-order valence-corrected chi connectivity index (χ0v) is 19.1. The van der Waals surface area contributed by atoms with Gasteiger partial charge in [-0.2, -0.15) is 5.26 Å². The number of aromatic nitrogens is 2. The van der Waals surface area contributed by atoms with E-state index in [0.29, 0.717) is 27.4 Å². The Hall–Kier alpha value is -2.89. The molecule has 2 N–H and O–H groups in total. The van der Waals surface area contributed by atoms with Gasteiger partial charge in [-0.15, -0.1) is 0 Å². The Kier molecular flexibility index (Phi) is 6.09. The van der Waals surface area contributed by atoms with Gasteiger partial charge in [-0.3, -0.25) is 4.79 Å². The lowest BCUT2D eigenvalue weighted by Gasteiger charge is -2.39. The third kappa shape index (κ3) is 4.75. The summed E-state index contributed by atoms with van der Waals surface area (Å²) in [7, 11) is 0. The molecule has 0 bridgehead atoms. The Bertz CT molecular complexity index is 1060. The summed E-state index contributed by atoms with van der Waals surface area (Å²) < 4.78 is 6.02. The first-order chi connectivity index (χ1) is 16.0. The molecule has 0 atom stereocenters. The van der Waals surface area contributed by atoms with Crippen molar-refractivity contribution in [3.05, 3.63) is 46.9 Å². The average molecular weight is 467 g/mol. The van der Waals surface area contributed by atoms with Crippen LogP contribution in [0.5, 0.6) is 5.75 Å². The van der Waals surface area contributed by atoms with Crippen LogP contribution in [0.25, 0.3) is 0 Å². The topological polar surface area (TPSA) is 103 Å². The number of anilines is 1. The Labute approximate surface area is 198 Å². The van der Waals surface area contributed by atoms with Gasteiger partial charge in [0, 0.05) is 43.7 Å². The lowest BCUT2D eigenvalue weighted by molar-refractivity contribution is 0.0888. The van der Waals surface area contributed by atoms with Crippen LogP contribution in [-0.4, -0.2) is 54.2 Å². The number of carbonyl (C=O) groups excluding carboxylic acids is 1. The van der Waals surface area contributed by atoms with E-state index in [1.54, 1.807) is 30.6 Å². The van der Waals surface area contributed by atoms with Gasteiger partial charge in [-0.25, -0.2) is 9.97 Å². The summed E-state index contributed by atoms with van der Waals surface area (Å²) in [5, 5.41) is 15.8. The molecule has 1 aromatic carbocycles. The first-order valence-electron chi connectivity index (χ1n) is 11.5. The fourth-order valence-electron chi connectivity index (χ4n) is 4.94. The number of hydrogen-bond donors (Lipinski definition) is 2. The summed E-state index contributed by atoms with van der Waals surface area (Å²) in [5.41, 5.74) is 1.18. The third-order valence-electron chi connectivity index (χ3n) is 7.01. The molecule has 3 aliphatic rings. The van der Waals surface area contributed by atoms with E-state index >= 15 is 0 Å². The number of halogens is 1. The van der Waals surface area contributed by atoms with Crippen LogP contribution in [-0.2, 0) is 0 Å². The van der Waals surface area contributed by atoms with Crippen molar-refractivity contribution in [2.45, 2.75) is 44.2 Å². The molecule has 2 saturated heterocycles. The predicted octanol–water partition coefficient (Wildman–Crippen LogP) is 2.92. The van der Waals surface area contributed by atoms with Gasteiger partial charge in [0.1, 0.15) is 23.3 Å². The van der Waals surface area contributed by atoms with Crippen LogP contribution in [0.4, 0.5) is 5.82 Å². The SMILES string of the molecule is N#Cc1ccc(OC2CCC(NC(=O)c3cnc(N4CCC5(CNC5)C4)cn3)CC2)cc1Cl. The number of amides is 1. The number of hydrogen-bond acceptors (Lipinski definition) is 7. The molecule has 1 amide bonds. The van der Waals surface area contributed by atoms with E-state index < -0.39 is 0 Å². The zero-order valence-electron chi connectivity index (χ0n) is 18.4. The zero-order chi connectivity index (χ0) is 22.8. The van der Waals surface area contributed by atoms with Crippen molar-refractivity contribution in [1.82, 2.24) is 20.6 Å². The van der Waals surface area contributed by atoms with Crippen LogP contribution in [0.2, 0.25) is 5.02 Å². The number of rotatable bonds is 5. The number of carbonyl (C=O) groups is 1. The van der Waals surface area contributed by atoms with Gasteiger partial charge in [-0.1, -0.05) is 11.6 Å². The first kappa shape index (κ1) is 21.9. The molecule has 1 aliphatic carbocycles. The van der Waals surface area contributed by atoms with Crippen LogP contribution in [0.3, 0.4) is 0 Å². The molecule has 33 heavy (non-hydrogen) atoms. The second-order valence-corrected chi connectivity index (χ2v) is 9.76. The Balaban J connectivity index is 1.09. The van der Waals surface area contributed by atoms with Gasteiger partial charge in [-0.05, 0) is 44.2 Å². The predicted molar refractivity (Wildman–Crippen MR) is 124 cm³/mol. The minimum Gasteiger partial charge on any atom is -0.490 e. The molecule has 1 saturated carbocycles. The highest BCUT2D eigenvalue weighted by Gasteiger charge is 2.43. The molecule has 172 valence electrons. The smallest absolute Gasteiger partial charge is 0.271 e. The highest BCUT2D eigenvalue weighted by molar-refractivity contribution is 6.31. The van der Waals surface area contributed by atoms with Crippen molar-refractivity contribution in [2.75, 3.05) is 31.1 Å². The van der Waals surface area contributed by atoms with Gasteiger partial charge in [0.2, 0.25) is 0 Å². The fraction of sp³-hybridized carbons (Fsp3) is 0.500. The average Bonchev–Trinajstić information content (AvgIpc) is 3.27. The van der Waals surface area contributed by atoms with Crippen molar-refractivity contribution in [3.63, 3.8) is 0 Å². The molecule has 5 rings (SSSR count). The molecule has 3 heterocycles. The molecular formula is C24H27ClN6O2. The fourth-order valence-corrected chi connectivity index (χ4v) is 5.15. The minimum atomic E-state index is -0.182. The first-order valence-corrected chi connectivity index (χ1v) is 11.9. The van der Waals surface area contributed by atoms with E-state index in [4.69, 9.17) is 21.6 Å². The van der Waals surface area contributed by atoms with Crippen LogP contribution in [0.1, 0.15) is 48.2 Å². The van der Waals surface area contributed by atoms with E-state index in [2.05, 4.69) is 25.5 Å². The van der Waals surface area contributed by atoms with Crippen LogP contribution >= 0.6 is 11.6 Å². The minimum absolute atomic E-state index is 0.0656. The Morgan fingerprint density at radius 1 is 1.24 bits per heavy atom. The number of nitriles is 1. The van der Waals surface area contributed by atoms with Gasteiger partial charge in [0.15, 0.2) is 0 Å². The summed E-state index contributed by atoms with van der Waals surface area (Å²) in [6.07, 6.45) is 7.86. The summed E-state index contributed by atoms with van der Waals surface area (Å²) in [4.78, 5) is 23.8. The van der Waals surface area contributed by atoms with Crippen molar-refractivity contribution in [2.24, 2.45) is 5.41 Å². The van der Waals surface area contributed by atoms with Crippen molar-refractivity contribution >= 4 is 23.3 Å². The van der Waals surface area contributed by atoms with Crippen molar-refractivity contribution < 1.29 is 9.53 Å². The molecule has 1 spiro atoms. The van der Waals surface area contributed by atoms with Gasteiger partial charge in [0.25, 0.3) is 5.91 Å². The van der Waals surface area contributed by atoms with Crippen LogP contribution in [0, 0.1) is 16.7 Å². The highest BCUT2D eigenvalue weighted by atomic mass is 35.5. The standard InChI is InChI=1S/C24H27ClN6O2/c25-20-9-19(4-1-16(20)10-26)33-18-5-2-17(3-6-18)30-23(32)21-11-29-22(12-28-21)31-8-7-24(15-31)13-27-14-24/h1,4,9,11-12,17-18,27H,2-3,5-8,13-15H2,(H,30,32). The Morgan fingerprint density at radius 3 is 2.67 bits per heavy atom. The van der Waals surface area contributed by atoms with E-state index in [1.807, 2.05) is 6.07 Å².